The molecule has 1 aliphatic rings. The number of carbonyl (C=O) groups is 1. The van der Waals surface area contributed by atoms with E-state index in [1.807, 2.05) is 42.3 Å². The van der Waals surface area contributed by atoms with E-state index in [4.69, 9.17) is 4.74 Å². The van der Waals surface area contributed by atoms with Crippen LogP contribution in [0.5, 0.6) is 5.75 Å². The first-order valence-electron chi connectivity index (χ1n) is 8.47. The van der Waals surface area contributed by atoms with E-state index in [-0.39, 0.29) is 5.91 Å². The fraction of sp³-hybridized carbons (Fsp3) is 0.350. The Bertz CT molecular complexity index is 746. The van der Waals surface area contributed by atoms with Crippen molar-refractivity contribution in [2.24, 2.45) is 0 Å². The lowest BCUT2D eigenvalue weighted by atomic mass is 10.0. The summed E-state index contributed by atoms with van der Waals surface area (Å²) in [6.45, 7) is 1.94. The van der Waals surface area contributed by atoms with Gasteiger partial charge in [0.05, 0.1) is 13.7 Å². The first kappa shape index (κ1) is 18.0. The molecule has 0 aliphatic carbocycles. The predicted octanol–water partition coefficient (Wildman–Crippen LogP) is 3.87. The van der Waals surface area contributed by atoms with Crippen LogP contribution in [0.3, 0.4) is 0 Å². The molecule has 4 nitrogen and oxygen atoms in total. The molecule has 0 saturated carbocycles. The second-order valence-corrected chi connectivity index (χ2v) is 7.36. The number of anilines is 1. The molecular formula is C20H23BrN2O2. The molecule has 0 N–H and O–H groups in total. The number of hydrogen-bond acceptors (Lipinski definition) is 3. The Hall–Kier alpha value is -1.85. The molecule has 2 aromatic rings. The van der Waals surface area contributed by atoms with Crippen LogP contribution in [0.4, 0.5) is 5.69 Å². The Labute approximate surface area is 157 Å². The number of amides is 1. The highest BCUT2D eigenvalue weighted by Gasteiger charge is 2.23. The smallest absolute Gasteiger partial charge is 0.241 e. The van der Waals surface area contributed by atoms with Crippen molar-refractivity contribution in [2.45, 2.75) is 19.4 Å². The summed E-state index contributed by atoms with van der Waals surface area (Å²) in [5.41, 5.74) is 3.41. The lowest BCUT2D eigenvalue weighted by Crippen LogP contribution is -2.41. The molecule has 1 heterocycles. The highest BCUT2D eigenvalue weighted by Crippen LogP contribution is 2.30. The van der Waals surface area contributed by atoms with Crippen LogP contribution < -0.4 is 9.64 Å². The molecule has 5 heteroatoms. The topological polar surface area (TPSA) is 32.8 Å². The number of methoxy groups -OCH3 is 1. The van der Waals surface area contributed by atoms with Gasteiger partial charge >= 0.3 is 0 Å². The summed E-state index contributed by atoms with van der Waals surface area (Å²) in [4.78, 5) is 16.8. The molecular weight excluding hydrogens is 380 g/mol. The summed E-state index contributed by atoms with van der Waals surface area (Å²) in [5.74, 6) is 0.992. The summed E-state index contributed by atoms with van der Waals surface area (Å²) in [5, 5.41) is 0. The van der Waals surface area contributed by atoms with Crippen LogP contribution in [0.25, 0.3) is 0 Å². The van der Waals surface area contributed by atoms with Crippen LogP contribution in [0.2, 0.25) is 0 Å². The van der Waals surface area contributed by atoms with Crippen molar-refractivity contribution >= 4 is 27.5 Å². The number of nitrogens with zero attached hydrogens (tertiary/aromatic N) is 2. The van der Waals surface area contributed by atoms with Crippen LogP contribution >= 0.6 is 15.9 Å². The SMILES string of the molecule is COc1ccc2c(c1)CCCN2C(=O)CN(C)Cc1ccc(Br)cc1. The quantitative estimate of drug-likeness (QED) is 0.760. The highest BCUT2D eigenvalue weighted by atomic mass is 79.9. The van der Waals surface area contributed by atoms with Crippen LogP contribution in [0.15, 0.2) is 46.9 Å². The van der Waals surface area contributed by atoms with Gasteiger partial charge in [0, 0.05) is 23.2 Å². The summed E-state index contributed by atoms with van der Waals surface area (Å²) in [6, 6.07) is 14.2. The first-order valence-corrected chi connectivity index (χ1v) is 9.26. The molecule has 0 radical (unpaired) electrons. The molecule has 1 amide bonds. The third-order valence-corrected chi connectivity index (χ3v) is 5.01. The monoisotopic (exact) mass is 402 g/mol. The van der Waals surface area contributed by atoms with Crippen molar-refractivity contribution in [2.75, 3.05) is 32.1 Å². The molecule has 1 aliphatic heterocycles. The summed E-state index contributed by atoms with van der Waals surface area (Å²) < 4.78 is 6.37. The molecule has 0 saturated heterocycles. The van der Waals surface area contributed by atoms with Crippen LogP contribution in [-0.2, 0) is 17.8 Å². The van der Waals surface area contributed by atoms with Crippen LogP contribution in [0, 0.1) is 0 Å². The van der Waals surface area contributed by atoms with E-state index in [0.717, 1.165) is 41.8 Å². The lowest BCUT2D eigenvalue weighted by Gasteiger charge is -2.31. The number of ether oxygens (including phenoxy) is 1. The molecule has 0 aromatic heterocycles. The largest absolute Gasteiger partial charge is 0.497 e. The maximum atomic E-state index is 12.8. The standard InChI is InChI=1S/C20H23BrN2O2/c1-22(13-15-5-7-17(21)8-6-15)14-20(24)23-11-3-4-16-12-18(25-2)9-10-19(16)23/h5-10,12H,3-4,11,13-14H2,1-2H3. The second-order valence-electron chi connectivity index (χ2n) is 6.44. The Morgan fingerprint density at radius 3 is 2.72 bits per heavy atom. The van der Waals surface area contributed by atoms with Crippen molar-refractivity contribution in [3.8, 4) is 5.75 Å². The first-order chi connectivity index (χ1) is 12.1. The van der Waals surface area contributed by atoms with E-state index in [1.165, 1.54) is 11.1 Å². The zero-order valence-electron chi connectivity index (χ0n) is 14.7. The zero-order chi connectivity index (χ0) is 17.8. The van der Waals surface area contributed by atoms with Crippen molar-refractivity contribution in [1.29, 1.82) is 0 Å². The minimum atomic E-state index is 0.144. The van der Waals surface area contributed by atoms with Gasteiger partial charge in [0.25, 0.3) is 0 Å². The third kappa shape index (κ3) is 4.41. The summed E-state index contributed by atoms with van der Waals surface area (Å²) in [6.07, 6.45) is 1.98. The number of rotatable bonds is 5. The van der Waals surface area contributed by atoms with Gasteiger partial charge < -0.3 is 9.64 Å². The normalized spacial score (nSPS) is 13.7. The van der Waals surface area contributed by atoms with E-state index in [2.05, 4.69) is 33.0 Å². The average Bonchev–Trinajstić information content (AvgIpc) is 2.62. The number of fused-ring (bicyclic) bond motifs is 1. The van der Waals surface area contributed by atoms with Gasteiger partial charge in [-0.25, -0.2) is 0 Å². The van der Waals surface area contributed by atoms with Crippen molar-refractivity contribution in [3.05, 3.63) is 58.1 Å². The maximum absolute atomic E-state index is 12.8. The van der Waals surface area contributed by atoms with E-state index in [1.54, 1.807) is 7.11 Å². The average molecular weight is 403 g/mol. The fourth-order valence-electron chi connectivity index (χ4n) is 3.23. The summed E-state index contributed by atoms with van der Waals surface area (Å²) >= 11 is 3.45. The van der Waals surface area contributed by atoms with Gasteiger partial charge in [0.2, 0.25) is 5.91 Å². The van der Waals surface area contributed by atoms with Gasteiger partial charge in [0.1, 0.15) is 5.75 Å². The van der Waals surface area contributed by atoms with E-state index >= 15 is 0 Å². The molecule has 0 atom stereocenters. The third-order valence-electron chi connectivity index (χ3n) is 4.48. The Kier molecular flexibility index (Phi) is 5.76. The molecule has 132 valence electrons. The van der Waals surface area contributed by atoms with E-state index < -0.39 is 0 Å². The van der Waals surface area contributed by atoms with Gasteiger partial charge in [-0.15, -0.1) is 0 Å². The molecule has 0 bridgehead atoms. The number of aryl methyl sites for hydroxylation is 1. The molecule has 3 rings (SSSR count). The predicted molar refractivity (Wildman–Crippen MR) is 104 cm³/mol. The zero-order valence-corrected chi connectivity index (χ0v) is 16.3. The van der Waals surface area contributed by atoms with Gasteiger partial charge in [-0.3, -0.25) is 9.69 Å². The molecule has 0 fully saturated rings. The highest BCUT2D eigenvalue weighted by molar-refractivity contribution is 9.10. The van der Waals surface area contributed by atoms with Crippen molar-refractivity contribution in [1.82, 2.24) is 4.90 Å². The van der Waals surface area contributed by atoms with Gasteiger partial charge in [-0.1, -0.05) is 28.1 Å². The van der Waals surface area contributed by atoms with Crippen molar-refractivity contribution in [3.63, 3.8) is 0 Å². The van der Waals surface area contributed by atoms with Gasteiger partial charge in [-0.05, 0) is 61.3 Å². The maximum Gasteiger partial charge on any atom is 0.241 e. The van der Waals surface area contributed by atoms with Crippen LogP contribution in [0.1, 0.15) is 17.5 Å². The van der Waals surface area contributed by atoms with Crippen molar-refractivity contribution < 1.29 is 9.53 Å². The van der Waals surface area contributed by atoms with E-state index in [0.29, 0.717) is 6.54 Å². The number of halogens is 1. The molecule has 0 spiro atoms. The minimum Gasteiger partial charge on any atom is -0.497 e. The van der Waals surface area contributed by atoms with E-state index in [9.17, 15) is 4.79 Å². The molecule has 0 unspecified atom stereocenters. The number of likely N-dealkylation sites (N-methyl/N-ethyl adjacent to an activating group) is 1. The lowest BCUT2D eigenvalue weighted by molar-refractivity contribution is -0.119. The van der Waals surface area contributed by atoms with Gasteiger partial charge in [-0.2, -0.15) is 0 Å². The number of benzene rings is 2. The fourth-order valence-corrected chi connectivity index (χ4v) is 3.50. The van der Waals surface area contributed by atoms with Crippen LogP contribution in [-0.4, -0.2) is 38.1 Å². The Balaban J connectivity index is 1.66. The Morgan fingerprint density at radius 2 is 2.00 bits per heavy atom. The van der Waals surface area contributed by atoms with Gasteiger partial charge in [0.15, 0.2) is 0 Å². The minimum absolute atomic E-state index is 0.144. The molecule has 25 heavy (non-hydrogen) atoms. The summed E-state index contributed by atoms with van der Waals surface area (Å²) in [7, 11) is 3.66. The molecule has 2 aromatic carbocycles. The second kappa shape index (κ2) is 8.02. The number of hydrogen-bond donors (Lipinski definition) is 0. The number of carbonyl (C=O) groups excluding carboxylic acids is 1. The Morgan fingerprint density at radius 1 is 1.24 bits per heavy atom.